The smallest absolute Gasteiger partial charge is 0.315 e. The van der Waals surface area contributed by atoms with Gasteiger partial charge in [-0.1, -0.05) is 66.2 Å². The minimum atomic E-state index is 0.0683. The van der Waals surface area contributed by atoms with Crippen LogP contribution in [-0.2, 0) is 0 Å². The summed E-state index contributed by atoms with van der Waals surface area (Å²) < 4.78 is 0. The molecule has 0 radical (unpaired) electrons. The van der Waals surface area contributed by atoms with E-state index in [9.17, 15) is 4.79 Å². The molecular formula is C23H46N4OS. The van der Waals surface area contributed by atoms with Gasteiger partial charge in [-0.15, -0.1) is 11.3 Å². The number of hydrogen-bond acceptors (Lipinski definition) is 4. The monoisotopic (exact) mass is 426 g/mol. The Morgan fingerprint density at radius 2 is 1.41 bits per heavy atom. The van der Waals surface area contributed by atoms with E-state index in [1.165, 1.54) is 43.5 Å². The molecule has 2 aliphatic carbocycles. The number of anilines is 1. The zero-order valence-corrected chi connectivity index (χ0v) is 20.6. The molecule has 0 aliphatic heterocycles. The minimum Gasteiger partial charge on any atom is -0.365 e. The van der Waals surface area contributed by atoms with Crippen LogP contribution in [0, 0.1) is 0 Å². The van der Waals surface area contributed by atoms with Crippen molar-refractivity contribution in [3.63, 3.8) is 0 Å². The molecule has 5 nitrogen and oxygen atoms in total. The third kappa shape index (κ3) is 12.8. The van der Waals surface area contributed by atoms with E-state index < -0.39 is 0 Å². The van der Waals surface area contributed by atoms with Crippen molar-refractivity contribution in [1.29, 1.82) is 0 Å². The van der Waals surface area contributed by atoms with E-state index in [4.69, 9.17) is 0 Å². The number of carbonyl (C=O) groups is 1. The molecule has 0 bridgehead atoms. The van der Waals surface area contributed by atoms with Crippen LogP contribution in [0.2, 0.25) is 0 Å². The summed E-state index contributed by atoms with van der Waals surface area (Å²) in [6.45, 7) is 11.2. The van der Waals surface area contributed by atoms with Gasteiger partial charge in [-0.2, -0.15) is 0 Å². The van der Waals surface area contributed by atoms with Crippen LogP contribution in [-0.4, -0.2) is 36.7 Å². The number of carbonyl (C=O) groups excluding carboxylic acids is 1. The summed E-state index contributed by atoms with van der Waals surface area (Å²) in [6, 6.07) is 0.925. The molecule has 3 rings (SSSR count). The van der Waals surface area contributed by atoms with E-state index in [0.717, 1.165) is 32.2 Å². The van der Waals surface area contributed by atoms with Gasteiger partial charge in [-0.05, 0) is 32.6 Å². The third-order valence-corrected chi connectivity index (χ3v) is 6.04. The highest BCUT2D eigenvalue weighted by Crippen LogP contribution is 2.19. The fourth-order valence-corrected chi connectivity index (χ4v) is 4.12. The predicted molar refractivity (Wildman–Crippen MR) is 129 cm³/mol. The first-order valence-electron chi connectivity index (χ1n) is 11.9. The van der Waals surface area contributed by atoms with Crippen LogP contribution < -0.4 is 15.5 Å². The molecule has 2 saturated carbocycles. The van der Waals surface area contributed by atoms with Crippen molar-refractivity contribution in [1.82, 2.24) is 15.6 Å². The number of nitrogens with one attached hydrogen (secondary N) is 2. The van der Waals surface area contributed by atoms with Gasteiger partial charge in [0.25, 0.3) is 0 Å². The van der Waals surface area contributed by atoms with Gasteiger partial charge in [0, 0.05) is 25.7 Å². The fourth-order valence-electron chi connectivity index (χ4n) is 3.46. The molecule has 2 fully saturated rings. The van der Waals surface area contributed by atoms with Crippen LogP contribution in [0.5, 0.6) is 0 Å². The molecule has 29 heavy (non-hydrogen) atoms. The van der Waals surface area contributed by atoms with Crippen LogP contribution in [0.4, 0.5) is 9.80 Å². The number of thiazole rings is 1. The fraction of sp³-hybridized carbons (Fsp3) is 0.826. The van der Waals surface area contributed by atoms with Gasteiger partial charge in [0.05, 0.1) is 11.7 Å². The molecule has 0 saturated heterocycles. The SMILES string of the molecule is CC.CC.CCN(C)c1cncs1.O=C(NC1CCCCC1)NC1CCCCC1. The third-order valence-electron chi connectivity index (χ3n) is 5.15. The lowest BCUT2D eigenvalue weighted by Gasteiger charge is -2.26. The highest BCUT2D eigenvalue weighted by molar-refractivity contribution is 7.13. The topological polar surface area (TPSA) is 57.3 Å². The standard InChI is InChI=1S/C13H24N2O.C6H10N2S.2C2H6/c16-13(14-11-7-3-1-4-8-11)15-12-9-5-2-6-10-12;1-3-8(2)6-4-7-5-9-6;2*1-2/h11-12H,1-10H2,(H2,14,15,16);4-5H,3H2,1-2H3;2*1-2H3. The summed E-state index contributed by atoms with van der Waals surface area (Å²) in [5.41, 5.74) is 1.85. The second-order valence-electron chi connectivity index (χ2n) is 7.14. The zero-order valence-electron chi connectivity index (χ0n) is 19.8. The van der Waals surface area contributed by atoms with Crippen molar-refractivity contribution in [2.45, 2.75) is 111 Å². The lowest BCUT2D eigenvalue weighted by Crippen LogP contribution is -2.47. The molecule has 0 atom stereocenters. The van der Waals surface area contributed by atoms with Gasteiger partial charge in [0.15, 0.2) is 0 Å². The highest BCUT2D eigenvalue weighted by atomic mass is 32.1. The van der Waals surface area contributed by atoms with Gasteiger partial charge in [-0.3, -0.25) is 4.98 Å². The molecule has 1 heterocycles. The predicted octanol–water partition coefficient (Wildman–Crippen LogP) is 6.60. The Balaban J connectivity index is 0.000000513. The van der Waals surface area contributed by atoms with Crippen molar-refractivity contribution >= 4 is 22.4 Å². The number of rotatable bonds is 4. The quantitative estimate of drug-likeness (QED) is 0.570. The van der Waals surface area contributed by atoms with Crippen molar-refractivity contribution in [2.75, 3.05) is 18.5 Å². The van der Waals surface area contributed by atoms with Crippen LogP contribution in [0.3, 0.4) is 0 Å². The van der Waals surface area contributed by atoms with E-state index in [0.29, 0.717) is 12.1 Å². The van der Waals surface area contributed by atoms with Crippen LogP contribution in [0.25, 0.3) is 0 Å². The normalized spacial score (nSPS) is 16.6. The Morgan fingerprint density at radius 3 is 1.76 bits per heavy atom. The van der Waals surface area contributed by atoms with Gasteiger partial charge in [-0.25, -0.2) is 4.79 Å². The van der Waals surface area contributed by atoms with Gasteiger partial charge in [0.1, 0.15) is 5.00 Å². The number of urea groups is 1. The average molecular weight is 427 g/mol. The molecule has 0 unspecified atom stereocenters. The maximum Gasteiger partial charge on any atom is 0.315 e. The first-order valence-corrected chi connectivity index (χ1v) is 12.7. The summed E-state index contributed by atoms with van der Waals surface area (Å²) in [5.74, 6) is 0. The molecule has 0 aromatic carbocycles. The van der Waals surface area contributed by atoms with Crippen molar-refractivity contribution in [3.05, 3.63) is 11.7 Å². The van der Waals surface area contributed by atoms with Crippen molar-refractivity contribution in [2.24, 2.45) is 0 Å². The minimum absolute atomic E-state index is 0.0683. The molecule has 1 aromatic heterocycles. The molecular weight excluding hydrogens is 380 g/mol. The number of nitrogens with zero attached hydrogens (tertiary/aromatic N) is 2. The number of hydrogen-bond donors (Lipinski definition) is 2. The molecule has 0 spiro atoms. The van der Waals surface area contributed by atoms with Crippen LogP contribution >= 0.6 is 11.3 Å². The van der Waals surface area contributed by atoms with Gasteiger partial charge >= 0.3 is 6.03 Å². The Hall–Kier alpha value is -1.30. The lowest BCUT2D eigenvalue weighted by molar-refractivity contribution is 0.224. The second kappa shape index (κ2) is 18.7. The van der Waals surface area contributed by atoms with E-state index in [-0.39, 0.29) is 6.03 Å². The van der Waals surface area contributed by atoms with Gasteiger partial charge in [0.2, 0.25) is 0 Å². The summed E-state index contributed by atoms with van der Waals surface area (Å²) in [5, 5.41) is 7.47. The Kier molecular flexibility index (Phi) is 17.9. The van der Waals surface area contributed by atoms with E-state index in [1.54, 1.807) is 11.3 Å². The Morgan fingerprint density at radius 1 is 0.966 bits per heavy atom. The molecule has 2 aliphatic rings. The second-order valence-corrected chi connectivity index (χ2v) is 8.01. The molecule has 2 amide bonds. The van der Waals surface area contributed by atoms with Crippen molar-refractivity contribution in [3.8, 4) is 0 Å². The maximum atomic E-state index is 11.8. The van der Waals surface area contributed by atoms with E-state index in [1.807, 2.05) is 39.4 Å². The molecule has 2 N–H and O–H groups in total. The van der Waals surface area contributed by atoms with E-state index in [2.05, 4.69) is 34.5 Å². The van der Waals surface area contributed by atoms with Crippen LogP contribution in [0.1, 0.15) is 98.8 Å². The largest absolute Gasteiger partial charge is 0.365 e. The summed E-state index contributed by atoms with van der Waals surface area (Å²) in [4.78, 5) is 17.9. The molecule has 170 valence electrons. The summed E-state index contributed by atoms with van der Waals surface area (Å²) in [7, 11) is 2.06. The lowest BCUT2D eigenvalue weighted by atomic mass is 9.95. The Labute approximate surface area is 184 Å². The number of aromatic nitrogens is 1. The zero-order chi connectivity index (χ0) is 21.9. The first kappa shape index (κ1) is 27.7. The highest BCUT2D eigenvalue weighted by Gasteiger charge is 2.19. The average Bonchev–Trinajstić information content (AvgIpc) is 3.33. The van der Waals surface area contributed by atoms with Gasteiger partial charge < -0.3 is 15.5 Å². The van der Waals surface area contributed by atoms with Crippen molar-refractivity contribution < 1.29 is 4.79 Å². The van der Waals surface area contributed by atoms with Crippen LogP contribution in [0.15, 0.2) is 11.7 Å². The Bertz CT molecular complexity index is 447. The molecule has 6 heteroatoms. The number of amides is 2. The molecule has 1 aromatic rings. The first-order chi connectivity index (χ1) is 14.2. The summed E-state index contributed by atoms with van der Waals surface area (Å²) >= 11 is 1.67. The maximum absolute atomic E-state index is 11.8. The van der Waals surface area contributed by atoms with E-state index >= 15 is 0 Å². The summed E-state index contributed by atoms with van der Waals surface area (Å²) in [6.07, 6.45) is 14.3.